The van der Waals surface area contributed by atoms with E-state index in [1.54, 1.807) is 0 Å². The van der Waals surface area contributed by atoms with Crippen LogP contribution in [0, 0.1) is 5.92 Å². The zero-order chi connectivity index (χ0) is 12.4. The molecule has 2 atom stereocenters. The smallest absolute Gasteiger partial charge is 0.241 e. The van der Waals surface area contributed by atoms with E-state index in [4.69, 9.17) is 0 Å². The zero-order valence-electron chi connectivity index (χ0n) is 11.3. The van der Waals surface area contributed by atoms with Gasteiger partial charge in [-0.15, -0.1) is 0 Å². The SMILES string of the molecule is CC(C)C1NCN(C(C)CN2CCCC2)C1=O. The van der Waals surface area contributed by atoms with E-state index in [2.05, 4.69) is 31.0 Å². The first-order valence-electron chi connectivity index (χ1n) is 6.86. The second-order valence-electron chi connectivity index (χ2n) is 5.75. The molecule has 2 unspecified atom stereocenters. The van der Waals surface area contributed by atoms with Crippen molar-refractivity contribution in [3.63, 3.8) is 0 Å². The Balaban J connectivity index is 1.87. The maximum Gasteiger partial charge on any atom is 0.241 e. The second kappa shape index (κ2) is 5.36. The van der Waals surface area contributed by atoms with E-state index < -0.39 is 0 Å². The molecule has 0 radical (unpaired) electrons. The molecule has 0 saturated carbocycles. The maximum absolute atomic E-state index is 12.2. The highest BCUT2D eigenvalue weighted by molar-refractivity contribution is 5.84. The largest absolute Gasteiger partial charge is 0.325 e. The fourth-order valence-electron chi connectivity index (χ4n) is 2.87. The highest BCUT2D eigenvalue weighted by Gasteiger charge is 2.36. The molecular formula is C13H25N3O. The summed E-state index contributed by atoms with van der Waals surface area (Å²) in [5.41, 5.74) is 0. The Kier molecular flexibility index (Phi) is 4.05. The molecule has 0 spiro atoms. The number of hydrogen-bond acceptors (Lipinski definition) is 3. The average Bonchev–Trinajstić information content (AvgIpc) is 2.86. The van der Waals surface area contributed by atoms with Crippen LogP contribution in [0.25, 0.3) is 0 Å². The quantitative estimate of drug-likeness (QED) is 0.791. The molecule has 1 amide bonds. The third kappa shape index (κ3) is 2.80. The Bertz CT molecular complexity index is 274. The van der Waals surface area contributed by atoms with Crippen molar-refractivity contribution in [1.82, 2.24) is 15.1 Å². The standard InChI is InChI=1S/C13H25N3O/c1-10(2)12-13(17)16(9-14-12)11(3)8-15-6-4-5-7-15/h10-12,14H,4-9H2,1-3H3. The van der Waals surface area contributed by atoms with Gasteiger partial charge in [0, 0.05) is 12.6 Å². The molecule has 98 valence electrons. The monoisotopic (exact) mass is 239 g/mol. The first kappa shape index (κ1) is 12.8. The van der Waals surface area contributed by atoms with Gasteiger partial charge in [-0.05, 0) is 38.8 Å². The Hall–Kier alpha value is -0.610. The van der Waals surface area contributed by atoms with Crippen molar-refractivity contribution < 1.29 is 4.79 Å². The van der Waals surface area contributed by atoms with Crippen LogP contribution in [0.1, 0.15) is 33.6 Å². The highest BCUT2D eigenvalue weighted by Crippen LogP contribution is 2.16. The normalized spacial score (nSPS) is 28.4. The van der Waals surface area contributed by atoms with Gasteiger partial charge in [0.25, 0.3) is 0 Å². The minimum atomic E-state index is 0.0241. The minimum Gasteiger partial charge on any atom is -0.325 e. The van der Waals surface area contributed by atoms with Crippen LogP contribution in [0.3, 0.4) is 0 Å². The number of hydrogen-bond donors (Lipinski definition) is 1. The molecule has 0 aromatic carbocycles. The molecule has 0 aliphatic carbocycles. The lowest BCUT2D eigenvalue weighted by Crippen LogP contribution is -2.44. The maximum atomic E-state index is 12.2. The summed E-state index contributed by atoms with van der Waals surface area (Å²) < 4.78 is 0. The Morgan fingerprint density at radius 1 is 1.29 bits per heavy atom. The number of rotatable bonds is 4. The van der Waals surface area contributed by atoms with Gasteiger partial charge in [-0.1, -0.05) is 13.8 Å². The van der Waals surface area contributed by atoms with Crippen molar-refractivity contribution in [2.75, 3.05) is 26.3 Å². The molecule has 1 N–H and O–H groups in total. The van der Waals surface area contributed by atoms with Gasteiger partial charge >= 0.3 is 0 Å². The highest BCUT2D eigenvalue weighted by atomic mass is 16.2. The molecule has 4 heteroatoms. The van der Waals surface area contributed by atoms with Crippen LogP contribution in [0.15, 0.2) is 0 Å². The molecule has 2 saturated heterocycles. The van der Waals surface area contributed by atoms with Crippen molar-refractivity contribution in [1.29, 1.82) is 0 Å². The molecule has 4 nitrogen and oxygen atoms in total. The molecule has 0 aromatic heterocycles. The minimum absolute atomic E-state index is 0.0241. The summed E-state index contributed by atoms with van der Waals surface area (Å²) in [5, 5.41) is 3.32. The second-order valence-corrected chi connectivity index (χ2v) is 5.75. The molecule has 17 heavy (non-hydrogen) atoms. The summed E-state index contributed by atoms with van der Waals surface area (Å²) >= 11 is 0. The van der Waals surface area contributed by atoms with Gasteiger partial charge < -0.3 is 9.80 Å². The molecule has 2 rings (SSSR count). The average molecular weight is 239 g/mol. The fraction of sp³-hybridized carbons (Fsp3) is 0.923. The van der Waals surface area contributed by atoms with Crippen LogP contribution in [-0.4, -0.2) is 54.1 Å². The van der Waals surface area contributed by atoms with E-state index in [-0.39, 0.29) is 11.9 Å². The van der Waals surface area contributed by atoms with E-state index in [0.29, 0.717) is 12.0 Å². The molecule has 0 bridgehead atoms. The van der Waals surface area contributed by atoms with E-state index >= 15 is 0 Å². The number of likely N-dealkylation sites (tertiary alicyclic amines) is 1. The van der Waals surface area contributed by atoms with Crippen LogP contribution in [0.4, 0.5) is 0 Å². The van der Waals surface area contributed by atoms with Crippen molar-refractivity contribution >= 4 is 5.91 Å². The van der Waals surface area contributed by atoms with Gasteiger partial charge in [-0.25, -0.2) is 0 Å². The third-order valence-corrected chi connectivity index (χ3v) is 3.95. The van der Waals surface area contributed by atoms with E-state index in [1.165, 1.54) is 25.9 Å². The van der Waals surface area contributed by atoms with Gasteiger partial charge in [0.05, 0.1) is 12.7 Å². The lowest BCUT2D eigenvalue weighted by atomic mass is 10.0. The van der Waals surface area contributed by atoms with E-state index in [1.807, 2.05) is 4.90 Å². The Labute approximate surface area is 104 Å². The Morgan fingerprint density at radius 3 is 2.47 bits per heavy atom. The molecule has 2 fully saturated rings. The summed E-state index contributed by atoms with van der Waals surface area (Å²) in [5.74, 6) is 0.665. The van der Waals surface area contributed by atoms with Gasteiger partial charge in [0.15, 0.2) is 0 Å². The predicted octanol–water partition coefficient (Wildman–Crippen LogP) is 0.885. The molecule has 2 aliphatic rings. The van der Waals surface area contributed by atoms with Crippen LogP contribution in [0.5, 0.6) is 0 Å². The number of nitrogens with one attached hydrogen (secondary N) is 1. The number of carbonyl (C=O) groups excluding carboxylic acids is 1. The predicted molar refractivity (Wildman–Crippen MR) is 68.6 cm³/mol. The lowest BCUT2D eigenvalue weighted by molar-refractivity contribution is -0.131. The molecule has 2 aliphatic heterocycles. The van der Waals surface area contributed by atoms with Gasteiger partial charge in [-0.3, -0.25) is 10.1 Å². The first-order chi connectivity index (χ1) is 8.09. The summed E-state index contributed by atoms with van der Waals surface area (Å²) in [6.45, 7) is 10.5. The van der Waals surface area contributed by atoms with Crippen LogP contribution in [0.2, 0.25) is 0 Å². The van der Waals surface area contributed by atoms with Gasteiger partial charge in [0.1, 0.15) is 0 Å². The van der Waals surface area contributed by atoms with E-state index in [9.17, 15) is 4.79 Å². The van der Waals surface area contributed by atoms with Gasteiger partial charge in [0.2, 0.25) is 5.91 Å². The molecule has 2 heterocycles. The van der Waals surface area contributed by atoms with Crippen molar-refractivity contribution in [2.24, 2.45) is 5.92 Å². The van der Waals surface area contributed by atoms with Crippen LogP contribution in [-0.2, 0) is 4.79 Å². The van der Waals surface area contributed by atoms with Crippen molar-refractivity contribution in [3.8, 4) is 0 Å². The number of carbonyl (C=O) groups is 1. The van der Waals surface area contributed by atoms with Crippen molar-refractivity contribution in [3.05, 3.63) is 0 Å². The Morgan fingerprint density at radius 2 is 1.94 bits per heavy atom. The third-order valence-electron chi connectivity index (χ3n) is 3.95. The van der Waals surface area contributed by atoms with Crippen molar-refractivity contribution in [2.45, 2.75) is 45.7 Å². The van der Waals surface area contributed by atoms with Gasteiger partial charge in [-0.2, -0.15) is 0 Å². The van der Waals surface area contributed by atoms with Crippen LogP contribution < -0.4 is 5.32 Å². The summed E-state index contributed by atoms with van der Waals surface area (Å²) in [6, 6.07) is 0.355. The zero-order valence-corrected chi connectivity index (χ0v) is 11.3. The summed E-state index contributed by atoms with van der Waals surface area (Å²) in [6.07, 6.45) is 2.63. The summed E-state index contributed by atoms with van der Waals surface area (Å²) in [7, 11) is 0. The fourth-order valence-corrected chi connectivity index (χ4v) is 2.87. The van der Waals surface area contributed by atoms with Crippen LogP contribution >= 0.6 is 0 Å². The number of nitrogens with zero attached hydrogens (tertiary/aromatic N) is 2. The topological polar surface area (TPSA) is 35.6 Å². The first-order valence-corrected chi connectivity index (χ1v) is 6.86. The number of amides is 1. The van der Waals surface area contributed by atoms with E-state index in [0.717, 1.165) is 13.2 Å². The molecular weight excluding hydrogens is 214 g/mol. The summed E-state index contributed by atoms with van der Waals surface area (Å²) in [4.78, 5) is 16.7. The molecule has 0 aromatic rings. The lowest BCUT2D eigenvalue weighted by Gasteiger charge is -2.28.